The molecule has 4 nitrogen and oxygen atoms in total. The molecule has 0 saturated heterocycles. The number of halogens is 1. The molecular weight excluding hydrogens is 368 g/mol. The zero-order chi connectivity index (χ0) is 18.4. The molecule has 26 heavy (non-hydrogen) atoms. The number of aromatic nitrogens is 1. The quantitative estimate of drug-likeness (QED) is 0.561. The molecule has 0 N–H and O–H groups in total. The highest BCUT2D eigenvalue weighted by molar-refractivity contribution is 7.07. The van der Waals surface area contributed by atoms with Crippen LogP contribution in [0.2, 0.25) is 5.02 Å². The Kier molecular flexibility index (Phi) is 6.50. The third kappa shape index (κ3) is 4.55. The molecule has 0 amide bonds. The van der Waals surface area contributed by atoms with Gasteiger partial charge < -0.3 is 14.0 Å². The first-order valence-electron chi connectivity index (χ1n) is 8.42. The topological polar surface area (TPSA) is 35.8 Å². The first kappa shape index (κ1) is 18.7. The molecule has 0 aliphatic heterocycles. The van der Waals surface area contributed by atoms with Crippen LogP contribution in [0.4, 0.5) is 5.69 Å². The Morgan fingerprint density at radius 2 is 1.81 bits per heavy atom. The van der Waals surface area contributed by atoms with Crippen LogP contribution in [-0.2, 0) is 11.3 Å². The summed E-state index contributed by atoms with van der Waals surface area (Å²) in [6, 6.07) is 15.7. The monoisotopic (exact) mass is 388 g/mol. The van der Waals surface area contributed by atoms with Gasteiger partial charge in [-0.15, -0.1) is 11.3 Å². The van der Waals surface area contributed by atoms with Crippen LogP contribution in [-0.4, -0.2) is 24.9 Å². The maximum absolute atomic E-state index is 6.02. The summed E-state index contributed by atoms with van der Waals surface area (Å²) in [5, 5.41) is 2.85. The van der Waals surface area contributed by atoms with Crippen molar-refractivity contribution in [3.63, 3.8) is 0 Å². The Balaban J connectivity index is 1.99. The predicted octanol–water partition coefficient (Wildman–Crippen LogP) is 5.15. The molecule has 0 spiro atoms. The van der Waals surface area contributed by atoms with Crippen LogP contribution in [0.3, 0.4) is 0 Å². The summed E-state index contributed by atoms with van der Waals surface area (Å²) >= 11 is 7.63. The summed E-state index contributed by atoms with van der Waals surface area (Å²) < 4.78 is 12.9. The average molecular weight is 389 g/mol. The lowest BCUT2D eigenvalue weighted by molar-refractivity contribution is 0.187. The molecule has 0 radical (unpaired) electrons. The van der Waals surface area contributed by atoms with Gasteiger partial charge in [-0.3, -0.25) is 0 Å². The van der Waals surface area contributed by atoms with Crippen molar-refractivity contribution < 1.29 is 9.47 Å². The highest BCUT2D eigenvalue weighted by Crippen LogP contribution is 2.23. The lowest BCUT2D eigenvalue weighted by Crippen LogP contribution is -2.18. The Bertz CT molecular complexity index is 899. The van der Waals surface area contributed by atoms with E-state index >= 15 is 0 Å². The van der Waals surface area contributed by atoms with Gasteiger partial charge in [0.05, 0.1) is 24.6 Å². The second-order valence-corrected chi connectivity index (χ2v) is 6.87. The van der Waals surface area contributed by atoms with Crippen molar-refractivity contribution in [2.75, 3.05) is 20.3 Å². The summed E-state index contributed by atoms with van der Waals surface area (Å²) in [5.74, 6) is 0.853. The van der Waals surface area contributed by atoms with Crippen molar-refractivity contribution in [3.8, 4) is 17.0 Å². The third-order valence-corrected chi connectivity index (χ3v) is 4.94. The molecule has 0 bridgehead atoms. The molecule has 0 fully saturated rings. The van der Waals surface area contributed by atoms with E-state index in [1.165, 1.54) is 0 Å². The van der Waals surface area contributed by atoms with Gasteiger partial charge in [-0.25, -0.2) is 4.99 Å². The molecule has 3 rings (SSSR count). The average Bonchev–Trinajstić information content (AvgIpc) is 3.05. The summed E-state index contributed by atoms with van der Waals surface area (Å²) in [7, 11) is 1.71. The van der Waals surface area contributed by atoms with Gasteiger partial charge in [-0.2, -0.15) is 0 Å². The standard InChI is InChI=1S/C20H21ClN2O2S/c1-3-25-18-10-8-17(9-11-18)22-20-23(12-13-24-2)19(14-26-20)15-4-6-16(21)7-5-15/h4-11,14H,3,12-13H2,1-2H3. The normalized spacial score (nSPS) is 11.7. The number of thiazole rings is 1. The van der Waals surface area contributed by atoms with E-state index in [9.17, 15) is 0 Å². The molecule has 136 valence electrons. The van der Waals surface area contributed by atoms with E-state index in [-0.39, 0.29) is 0 Å². The third-order valence-electron chi connectivity index (χ3n) is 3.83. The van der Waals surface area contributed by atoms with E-state index in [4.69, 9.17) is 26.1 Å². The Hall–Kier alpha value is -2.08. The molecule has 0 unspecified atom stereocenters. The molecule has 6 heteroatoms. The summed E-state index contributed by atoms with van der Waals surface area (Å²) in [6.07, 6.45) is 0. The lowest BCUT2D eigenvalue weighted by atomic mass is 10.2. The second kappa shape index (κ2) is 9.03. The summed E-state index contributed by atoms with van der Waals surface area (Å²) in [6.45, 7) is 3.98. The van der Waals surface area contributed by atoms with Gasteiger partial charge in [-0.1, -0.05) is 23.7 Å². The van der Waals surface area contributed by atoms with Crippen molar-refractivity contribution in [1.82, 2.24) is 4.57 Å². The number of nitrogens with zero attached hydrogens (tertiary/aromatic N) is 2. The Labute approximate surface area is 162 Å². The Morgan fingerprint density at radius 1 is 1.08 bits per heavy atom. The van der Waals surface area contributed by atoms with Gasteiger partial charge >= 0.3 is 0 Å². The van der Waals surface area contributed by atoms with Crippen molar-refractivity contribution in [2.24, 2.45) is 4.99 Å². The van der Waals surface area contributed by atoms with E-state index in [0.29, 0.717) is 13.2 Å². The largest absolute Gasteiger partial charge is 0.494 e. The van der Waals surface area contributed by atoms with Crippen LogP contribution in [0.25, 0.3) is 11.3 Å². The maximum Gasteiger partial charge on any atom is 0.190 e. The smallest absolute Gasteiger partial charge is 0.190 e. The molecule has 0 atom stereocenters. The minimum absolute atomic E-state index is 0.619. The van der Waals surface area contributed by atoms with E-state index < -0.39 is 0 Å². The minimum Gasteiger partial charge on any atom is -0.494 e. The van der Waals surface area contributed by atoms with Crippen LogP contribution in [0.5, 0.6) is 5.75 Å². The van der Waals surface area contributed by atoms with Crippen LogP contribution in [0, 0.1) is 0 Å². The fourth-order valence-electron chi connectivity index (χ4n) is 2.56. The first-order chi connectivity index (χ1) is 12.7. The number of rotatable bonds is 7. The molecule has 1 aromatic heterocycles. The fraction of sp³-hybridized carbons (Fsp3) is 0.250. The highest BCUT2D eigenvalue weighted by Gasteiger charge is 2.08. The molecule has 3 aromatic rings. The van der Waals surface area contributed by atoms with Gasteiger partial charge in [0.1, 0.15) is 5.75 Å². The van der Waals surface area contributed by atoms with Crippen LogP contribution in [0.1, 0.15) is 6.92 Å². The van der Waals surface area contributed by atoms with Gasteiger partial charge in [-0.05, 0) is 48.9 Å². The van der Waals surface area contributed by atoms with Crippen LogP contribution >= 0.6 is 22.9 Å². The highest BCUT2D eigenvalue weighted by atomic mass is 35.5. The van der Waals surface area contributed by atoms with E-state index in [1.54, 1.807) is 18.4 Å². The zero-order valence-corrected chi connectivity index (χ0v) is 16.4. The molecular formula is C20H21ClN2O2S. The summed E-state index contributed by atoms with van der Waals surface area (Å²) in [5.41, 5.74) is 3.10. The fourth-order valence-corrected chi connectivity index (χ4v) is 3.64. The molecule has 0 aliphatic rings. The van der Waals surface area contributed by atoms with Gasteiger partial charge in [0.2, 0.25) is 0 Å². The number of ether oxygens (including phenoxy) is 2. The Morgan fingerprint density at radius 3 is 2.46 bits per heavy atom. The molecule has 0 aliphatic carbocycles. The van der Waals surface area contributed by atoms with E-state index in [2.05, 4.69) is 9.95 Å². The number of benzene rings is 2. The van der Waals surface area contributed by atoms with Crippen molar-refractivity contribution in [1.29, 1.82) is 0 Å². The maximum atomic E-state index is 6.02. The lowest BCUT2D eigenvalue weighted by Gasteiger charge is -2.09. The number of hydrogen-bond acceptors (Lipinski definition) is 4. The van der Waals surface area contributed by atoms with Crippen molar-refractivity contribution in [3.05, 3.63) is 63.7 Å². The molecule has 0 saturated carbocycles. The number of methoxy groups -OCH3 is 1. The van der Waals surface area contributed by atoms with Crippen molar-refractivity contribution in [2.45, 2.75) is 13.5 Å². The van der Waals surface area contributed by atoms with Gasteiger partial charge in [0, 0.05) is 24.1 Å². The van der Waals surface area contributed by atoms with Crippen LogP contribution in [0.15, 0.2) is 58.9 Å². The summed E-state index contributed by atoms with van der Waals surface area (Å²) in [4.78, 5) is 5.73. The van der Waals surface area contributed by atoms with Crippen LogP contribution < -0.4 is 9.54 Å². The first-order valence-corrected chi connectivity index (χ1v) is 9.68. The SMILES string of the molecule is CCOc1ccc(N=c2scc(-c3ccc(Cl)cc3)n2CCOC)cc1. The minimum atomic E-state index is 0.619. The number of hydrogen-bond donors (Lipinski definition) is 0. The molecule has 1 heterocycles. The van der Waals surface area contributed by atoms with Crippen molar-refractivity contribution >= 4 is 28.6 Å². The van der Waals surface area contributed by atoms with Gasteiger partial charge in [0.15, 0.2) is 4.80 Å². The van der Waals surface area contributed by atoms with E-state index in [1.807, 2.05) is 55.5 Å². The predicted molar refractivity (Wildman–Crippen MR) is 107 cm³/mol. The second-order valence-electron chi connectivity index (χ2n) is 5.59. The van der Waals surface area contributed by atoms with Gasteiger partial charge in [0.25, 0.3) is 0 Å². The van der Waals surface area contributed by atoms with E-state index in [0.717, 1.165) is 39.1 Å². The molecule has 2 aromatic carbocycles. The zero-order valence-electron chi connectivity index (χ0n) is 14.8.